The maximum Gasteiger partial charge on any atom is 0.259 e. The van der Waals surface area contributed by atoms with Gasteiger partial charge in [-0.05, 0) is 29.6 Å². The van der Waals surface area contributed by atoms with Gasteiger partial charge in [0.1, 0.15) is 16.5 Å². The molecule has 0 radical (unpaired) electrons. The molecule has 3 rings (SSSR count). The smallest absolute Gasteiger partial charge is 0.259 e. The van der Waals surface area contributed by atoms with Gasteiger partial charge >= 0.3 is 0 Å². The van der Waals surface area contributed by atoms with Gasteiger partial charge in [-0.25, -0.2) is 8.78 Å². The van der Waals surface area contributed by atoms with Crippen LogP contribution in [0.15, 0.2) is 34.1 Å². The SMILES string of the molecule is CC(C)c1nnc(-c2sccc2NC(=O)c2cc(F)ccc2F)o1. The van der Waals surface area contributed by atoms with Gasteiger partial charge in [-0.2, -0.15) is 0 Å². The van der Waals surface area contributed by atoms with Crippen LogP contribution in [-0.2, 0) is 0 Å². The van der Waals surface area contributed by atoms with E-state index in [1.165, 1.54) is 11.3 Å². The number of amides is 1. The summed E-state index contributed by atoms with van der Waals surface area (Å²) in [6, 6.07) is 4.34. The minimum atomic E-state index is -0.800. The molecule has 0 saturated carbocycles. The summed E-state index contributed by atoms with van der Waals surface area (Å²) < 4.78 is 32.5. The van der Waals surface area contributed by atoms with E-state index in [4.69, 9.17) is 4.42 Å². The first-order valence-corrected chi connectivity index (χ1v) is 8.01. The van der Waals surface area contributed by atoms with Gasteiger partial charge in [0.25, 0.3) is 11.8 Å². The largest absolute Gasteiger partial charge is 0.420 e. The fourth-order valence-corrected chi connectivity index (χ4v) is 2.76. The van der Waals surface area contributed by atoms with E-state index in [-0.39, 0.29) is 17.4 Å². The van der Waals surface area contributed by atoms with E-state index < -0.39 is 17.5 Å². The van der Waals surface area contributed by atoms with Crippen LogP contribution >= 0.6 is 11.3 Å². The number of nitrogens with zero attached hydrogens (tertiary/aromatic N) is 2. The maximum atomic E-state index is 13.7. The number of anilines is 1. The molecule has 0 saturated heterocycles. The Balaban J connectivity index is 1.87. The Labute approximate surface area is 140 Å². The normalized spacial score (nSPS) is 11.0. The summed E-state index contributed by atoms with van der Waals surface area (Å²) in [4.78, 5) is 12.8. The number of aromatic nitrogens is 2. The van der Waals surface area contributed by atoms with Crippen LogP contribution in [0.3, 0.4) is 0 Å². The van der Waals surface area contributed by atoms with Gasteiger partial charge in [0, 0.05) is 5.92 Å². The monoisotopic (exact) mass is 349 g/mol. The van der Waals surface area contributed by atoms with Gasteiger partial charge in [-0.15, -0.1) is 21.5 Å². The lowest BCUT2D eigenvalue weighted by molar-refractivity contribution is 0.102. The average Bonchev–Trinajstić information content (AvgIpc) is 3.18. The summed E-state index contributed by atoms with van der Waals surface area (Å²) in [5.41, 5.74) is 0.0214. The molecule has 0 aliphatic rings. The molecule has 0 fully saturated rings. The predicted octanol–water partition coefficient (Wildman–Crippen LogP) is 4.45. The standard InChI is InChI=1S/C16H13F2N3O2S/c1-8(2)15-20-21-16(23-15)13-12(5-6-24-13)19-14(22)10-7-9(17)3-4-11(10)18/h3-8H,1-2H3,(H,19,22). The van der Waals surface area contributed by atoms with Crippen LogP contribution in [0.25, 0.3) is 10.8 Å². The molecule has 0 aliphatic heterocycles. The molecule has 2 aromatic heterocycles. The molecule has 0 spiro atoms. The second-order valence-electron chi connectivity index (χ2n) is 5.34. The topological polar surface area (TPSA) is 68.0 Å². The number of hydrogen-bond donors (Lipinski definition) is 1. The van der Waals surface area contributed by atoms with E-state index in [1.807, 2.05) is 13.8 Å². The third-order valence-corrected chi connectivity index (χ3v) is 4.12. The van der Waals surface area contributed by atoms with Crippen LogP contribution in [-0.4, -0.2) is 16.1 Å². The number of nitrogens with one attached hydrogen (secondary N) is 1. The minimum Gasteiger partial charge on any atom is -0.420 e. The highest BCUT2D eigenvalue weighted by atomic mass is 32.1. The molecule has 0 atom stereocenters. The Morgan fingerprint density at radius 1 is 1.25 bits per heavy atom. The van der Waals surface area contributed by atoms with Gasteiger partial charge in [0.15, 0.2) is 0 Å². The second-order valence-corrected chi connectivity index (χ2v) is 6.26. The molecule has 1 aromatic carbocycles. The van der Waals surface area contributed by atoms with Gasteiger partial charge in [0.2, 0.25) is 5.89 Å². The molecule has 124 valence electrons. The predicted molar refractivity (Wildman–Crippen MR) is 86.0 cm³/mol. The lowest BCUT2D eigenvalue weighted by atomic mass is 10.2. The first-order valence-electron chi connectivity index (χ1n) is 7.13. The highest BCUT2D eigenvalue weighted by Crippen LogP contribution is 2.34. The Hall–Kier alpha value is -2.61. The summed E-state index contributed by atoms with van der Waals surface area (Å²) in [5, 5.41) is 12.2. The molecule has 0 unspecified atom stereocenters. The number of carbonyl (C=O) groups excluding carboxylic acids is 1. The van der Waals surface area contributed by atoms with Crippen molar-refractivity contribution in [1.29, 1.82) is 0 Å². The van der Waals surface area contributed by atoms with E-state index >= 15 is 0 Å². The van der Waals surface area contributed by atoms with Crippen LogP contribution in [0, 0.1) is 11.6 Å². The van der Waals surface area contributed by atoms with Crippen molar-refractivity contribution in [3.05, 3.63) is 52.7 Å². The van der Waals surface area contributed by atoms with Crippen molar-refractivity contribution in [3.63, 3.8) is 0 Å². The van der Waals surface area contributed by atoms with E-state index in [1.54, 1.807) is 11.4 Å². The summed E-state index contributed by atoms with van der Waals surface area (Å²) in [7, 11) is 0. The van der Waals surface area contributed by atoms with Gasteiger partial charge in [-0.3, -0.25) is 4.79 Å². The molecule has 1 amide bonds. The van der Waals surface area contributed by atoms with E-state index in [0.29, 0.717) is 16.5 Å². The Bertz CT molecular complexity index is 889. The number of thiophene rings is 1. The Kier molecular flexibility index (Phi) is 4.39. The molecule has 3 aromatic rings. The molecule has 0 aliphatic carbocycles. The van der Waals surface area contributed by atoms with Crippen molar-refractivity contribution < 1.29 is 18.0 Å². The maximum absolute atomic E-state index is 13.7. The zero-order valence-electron chi connectivity index (χ0n) is 12.8. The van der Waals surface area contributed by atoms with E-state index in [2.05, 4.69) is 15.5 Å². The highest BCUT2D eigenvalue weighted by Gasteiger charge is 2.19. The summed E-state index contributed by atoms with van der Waals surface area (Å²) in [6.45, 7) is 3.84. The van der Waals surface area contributed by atoms with Gasteiger partial charge < -0.3 is 9.73 Å². The van der Waals surface area contributed by atoms with Crippen LogP contribution < -0.4 is 5.32 Å². The van der Waals surface area contributed by atoms with Crippen molar-refractivity contribution in [2.24, 2.45) is 0 Å². The summed E-state index contributed by atoms with van der Waals surface area (Å²) in [6.07, 6.45) is 0. The molecule has 0 bridgehead atoms. The molecular weight excluding hydrogens is 336 g/mol. The first-order chi connectivity index (χ1) is 11.5. The number of carbonyl (C=O) groups is 1. The first kappa shape index (κ1) is 16.3. The second kappa shape index (κ2) is 6.48. The van der Waals surface area contributed by atoms with E-state index in [0.717, 1.165) is 18.2 Å². The molecular formula is C16H13F2N3O2S. The zero-order valence-corrected chi connectivity index (χ0v) is 13.7. The van der Waals surface area contributed by atoms with Gasteiger partial charge in [-0.1, -0.05) is 13.8 Å². The van der Waals surface area contributed by atoms with Gasteiger partial charge in [0.05, 0.1) is 11.3 Å². The summed E-state index contributed by atoms with van der Waals surface area (Å²) >= 11 is 1.29. The highest BCUT2D eigenvalue weighted by molar-refractivity contribution is 7.14. The number of hydrogen-bond acceptors (Lipinski definition) is 5. The number of rotatable bonds is 4. The Morgan fingerprint density at radius 2 is 2.04 bits per heavy atom. The van der Waals surface area contributed by atoms with E-state index in [9.17, 15) is 13.6 Å². The third kappa shape index (κ3) is 3.18. The fraction of sp³-hybridized carbons (Fsp3) is 0.188. The number of benzene rings is 1. The average molecular weight is 349 g/mol. The summed E-state index contributed by atoms with van der Waals surface area (Å²) in [5.74, 6) is -1.42. The van der Waals surface area contributed by atoms with Crippen LogP contribution in [0.4, 0.5) is 14.5 Å². The van der Waals surface area contributed by atoms with Crippen molar-refractivity contribution in [3.8, 4) is 10.8 Å². The zero-order chi connectivity index (χ0) is 17.3. The fourth-order valence-electron chi connectivity index (χ4n) is 1.99. The quantitative estimate of drug-likeness (QED) is 0.755. The van der Waals surface area contributed by atoms with Crippen molar-refractivity contribution in [2.75, 3.05) is 5.32 Å². The minimum absolute atomic E-state index is 0.0747. The molecule has 24 heavy (non-hydrogen) atoms. The van der Waals surface area contributed by atoms with Crippen LogP contribution in [0.5, 0.6) is 0 Å². The lowest BCUT2D eigenvalue weighted by Crippen LogP contribution is -2.14. The molecule has 2 heterocycles. The van der Waals surface area contributed by atoms with Crippen molar-refractivity contribution >= 4 is 22.9 Å². The third-order valence-electron chi connectivity index (χ3n) is 3.22. The Morgan fingerprint density at radius 3 is 2.75 bits per heavy atom. The molecule has 5 nitrogen and oxygen atoms in total. The van der Waals surface area contributed by atoms with Crippen LogP contribution in [0.1, 0.15) is 36.0 Å². The lowest BCUT2D eigenvalue weighted by Gasteiger charge is -2.06. The van der Waals surface area contributed by atoms with Crippen molar-refractivity contribution in [1.82, 2.24) is 10.2 Å². The van der Waals surface area contributed by atoms with Crippen LogP contribution in [0.2, 0.25) is 0 Å². The van der Waals surface area contributed by atoms with Crippen molar-refractivity contribution in [2.45, 2.75) is 19.8 Å². The molecule has 1 N–H and O–H groups in total. The molecule has 8 heteroatoms. The number of halogens is 2.